The summed E-state index contributed by atoms with van der Waals surface area (Å²) < 4.78 is 0. The van der Waals surface area contributed by atoms with Crippen LogP contribution < -0.4 is 0 Å². The molecule has 0 radical (unpaired) electrons. The van der Waals surface area contributed by atoms with Gasteiger partial charge in [-0.15, -0.1) is 0 Å². The maximum Gasteiger partial charge on any atom is 0.152 e. The minimum absolute atomic E-state index is 0.115. The Labute approximate surface area is 76.3 Å². The lowest BCUT2D eigenvalue weighted by Gasteiger charge is -2.08. The Hall–Kier alpha value is -0.630. The van der Waals surface area contributed by atoms with Crippen molar-refractivity contribution in [1.82, 2.24) is 4.90 Å². The van der Waals surface area contributed by atoms with E-state index >= 15 is 0 Å². The average Bonchev–Trinajstić information content (AvgIpc) is 2.07. The number of allylic oxidation sites excluding steroid dienone is 1. The van der Waals surface area contributed by atoms with Gasteiger partial charge in [0.25, 0.3) is 0 Å². The molecule has 0 atom stereocenters. The number of ketones is 1. The Morgan fingerprint density at radius 3 is 2.25 bits per heavy atom. The Morgan fingerprint density at radius 2 is 1.92 bits per heavy atom. The highest BCUT2D eigenvalue weighted by atomic mass is 16.1. The van der Waals surface area contributed by atoms with Crippen molar-refractivity contribution < 1.29 is 4.79 Å². The van der Waals surface area contributed by atoms with E-state index in [9.17, 15) is 4.79 Å². The molecule has 0 aliphatic carbocycles. The van der Waals surface area contributed by atoms with Gasteiger partial charge in [-0.3, -0.25) is 4.79 Å². The lowest BCUT2D eigenvalue weighted by atomic mass is 10.4. The smallest absolute Gasteiger partial charge is 0.152 e. The molecular formula is C10H21NO. The summed E-state index contributed by atoms with van der Waals surface area (Å²) >= 11 is 0. The van der Waals surface area contributed by atoms with Crippen molar-refractivity contribution >= 4 is 5.78 Å². The third-order valence-corrected chi connectivity index (χ3v) is 1.31. The molecule has 12 heavy (non-hydrogen) atoms. The van der Waals surface area contributed by atoms with E-state index in [1.54, 1.807) is 13.0 Å². The minimum atomic E-state index is 0.115. The summed E-state index contributed by atoms with van der Waals surface area (Å²) in [6.45, 7) is 9.52. The van der Waals surface area contributed by atoms with Crippen LogP contribution in [0.5, 0.6) is 0 Å². The predicted molar refractivity (Wildman–Crippen MR) is 54.3 cm³/mol. The largest absolute Gasteiger partial charge is 0.303 e. The number of nitrogens with zero attached hydrogens (tertiary/aromatic N) is 1. The van der Waals surface area contributed by atoms with Crippen molar-refractivity contribution in [1.29, 1.82) is 0 Å². The van der Waals surface area contributed by atoms with E-state index in [0.717, 1.165) is 13.1 Å². The number of carbonyl (C=O) groups excluding carboxylic acids is 1. The van der Waals surface area contributed by atoms with Crippen LogP contribution in [-0.2, 0) is 4.79 Å². The van der Waals surface area contributed by atoms with Crippen LogP contribution in [0.1, 0.15) is 27.7 Å². The molecule has 0 aromatic heterocycles. The molecule has 0 N–H and O–H groups in total. The third-order valence-electron chi connectivity index (χ3n) is 1.31. The molecular weight excluding hydrogens is 150 g/mol. The number of carbonyl (C=O) groups is 1. The van der Waals surface area contributed by atoms with Crippen LogP contribution in [0.25, 0.3) is 0 Å². The van der Waals surface area contributed by atoms with Crippen LogP contribution in [0.15, 0.2) is 12.2 Å². The first-order valence-corrected chi connectivity index (χ1v) is 4.52. The topological polar surface area (TPSA) is 20.3 Å². The summed E-state index contributed by atoms with van der Waals surface area (Å²) in [4.78, 5) is 12.5. The van der Waals surface area contributed by atoms with Crippen LogP contribution in [0.2, 0.25) is 0 Å². The van der Waals surface area contributed by atoms with Gasteiger partial charge in [0, 0.05) is 6.54 Å². The Morgan fingerprint density at radius 1 is 1.42 bits per heavy atom. The van der Waals surface area contributed by atoms with Gasteiger partial charge in [-0.05, 0) is 26.6 Å². The minimum Gasteiger partial charge on any atom is -0.303 e. The van der Waals surface area contributed by atoms with Crippen molar-refractivity contribution in [2.75, 3.05) is 20.1 Å². The highest BCUT2D eigenvalue weighted by Crippen LogP contribution is 1.82. The van der Waals surface area contributed by atoms with E-state index in [1.807, 2.05) is 27.0 Å². The number of likely N-dealkylation sites (N-methyl/N-ethyl adjacent to an activating group) is 1. The summed E-state index contributed by atoms with van der Waals surface area (Å²) in [5, 5.41) is 0. The Bertz CT molecular complexity index is 130. The van der Waals surface area contributed by atoms with Gasteiger partial charge in [-0.2, -0.15) is 0 Å². The molecule has 2 heteroatoms. The van der Waals surface area contributed by atoms with Crippen LogP contribution in [0, 0.1) is 0 Å². The molecule has 0 saturated carbocycles. The zero-order valence-corrected chi connectivity index (χ0v) is 8.92. The second-order valence-electron chi connectivity index (χ2n) is 2.37. The molecule has 0 fully saturated rings. The van der Waals surface area contributed by atoms with Crippen LogP contribution in [0.3, 0.4) is 0 Å². The lowest BCUT2D eigenvalue weighted by molar-refractivity contribution is -0.112. The molecule has 0 unspecified atom stereocenters. The highest BCUT2D eigenvalue weighted by Gasteiger charge is 1.88. The summed E-state index contributed by atoms with van der Waals surface area (Å²) in [7, 11) is 2.02. The normalized spacial score (nSPS) is 9.83. The maximum absolute atomic E-state index is 10.4. The first kappa shape index (κ1) is 13.9. The average molecular weight is 171 g/mol. The zero-order chi connectivity index (χ0) is 9.98. The summed E-state index contributed by atoms with van der Waals surface area (Å²) in [6, 6.07) is 0. The van der Waals surface area contributed by atoms with Crippen LogP contribution in [-0.4, -0.2) is 30.8 Å². The molecule has 0 aromatic rings. The van der Waals surface area contributed by atoms with E-state index in [0.29, 0.717) is 0 Å². The quantitative estimate of drug-likeness (QED) is 0.604. The summed E-state index contributed by atoms with van der Waals surface area (Å²) in [5.74, 6) is 0.115. The number of hydrogen-bond acceptors (Lipinski definition) is 2. The standard InChI is InChI=1S/C8H15NO.C2H6/c1-4-9(3)7-5-6-8(2)10;1-2/h5-6H,4,7H2,1-3H3;1-2H3/b6-5+;. The second-order valence-corrected chi connectivity index (χ2v) is 2.37. The molecule has 0 aliphatic heterocycles. The molecule has 0 aliphatic rings. The van der Waals surface area contributed by atoms with Crippen molar-refractivity contribution in [3.05, 3.63) is 12.2 Å². The molecule has 0 heterocycles. The van der Waals surface area contributed by atoms with Crippen molar-refractivity contribution in [2.45, 2.75) is 27.7 Å². The monoisotopic (exact) mass is 171 g/mol. The molecule has 0 saturated heterocycles. The SMILES string of the molecule is CC.CCN(C)C/C=C/C(C)=O. The predicted octanol–water partition coefficient (Wildman–Crippen LogP) is 2.11. The first-order valence-electron chi connectivity index (χ1n) is 4.52. The van der Waals surface area contributed by atoms with Crippen molar-refractivity contribution in [2.24, 2.45) is 0 Å². The molecule has 0 spiro atoms. The highest BCUT2D eigenvalue weighted by molar-refractivity contribution is 5.87. The lowest BCUT2D eigenvalue weighted by Crippen LogP contribution is -2.17. The van der Waals surface area contributed by atoms with E-state index in [-0.39, 0.29) is 5.78 Å². The van der Waals surface area contributed by atoms with Crippen molar-refractivity contribution in [3.8, 4) is 0 Å². The van der Waals surface area contributed by atoms with Gasteiger partial charge in [0.2, 0.25) is 0 Å². The van der Waals surface area contributed by atoms with E-state index in [4.69, 9.17) is 0 Å². The van der Waals surface area contributed by atoms with Crippen LogP contribution in [0.4, 0.5) is 0 Å². The van der Waals surface area contributed by atoms with E-state index in [2.05, 4.69) is 11.8 Å². The molecule has 0 rings (SSSR count). The fourth-order valence-corrected chi connectivity index (χ4v) is 0.528. The molecule has 0 bridgehead atoms. The maximum atomic E-state index is 10.4. The zero-order valence-electron chi connectivity index (χ0n) is 8.92. The number of rotatable bonds is 4. The van der Waals surface area contributed by atoms with Gasteiger partial charge in [0.05, 0.1) is 0 Å². The fraction of sp³-hybridized carbons (Fsp3) is 0.700. The van der Waals surface area contributed by atoms with Gasteiger partial charge in [-0.1, -0.05) is 26.8 Å². The van der Waals surface area contributed by atoms with Crippen molar-refractivity contribution in [3.63, 3.8) is 0 Å². The molecule has 72 valence electrons. The van der Waals surface area contributed by atoms with E-state index < -0.39 is 0 Å². The number of hydrogen-bond donors (Lipinski definition) is 0. The molecule has 0 aromatic carbocycles. The van der Waals surface area contributed by atoms with Gasteiger partial charge in [0.15, 0.2) is 5.78 Å². The first-order chi connectivity index (χ1) is 5.66. The summed E-state index contributed by atoms with van der Waals surface area (Å²) in [6.07, 6.45) is 3.48. The van der Waals surface area contributed by atoms with Gasteiger partial charge >= 0.3 is 0 Å². The van der Waals surface area contributed by atoms with Gasteiger partial charge < -0.3 is 4.90 Å². The van der Waals surface area contributed by atoms with Gasteiger partial charge in [0.1, 0.15) is 0 Å². The Balaban J connectivity index is 0. The molecule has 0 amide bonds. The van der Waals surface area contributed by atoms with E-state index in [1.165, 1.54) is 0 Å². The van der Waals surface area contributed by atoms with Gasteiger partial charge in [-0.25, -0.2) is 0 Å². The second kappa shape index (κ2) is 10.4. The van der Waals surface area contributed by atoms with Crippen LogP contribution >= 0.6 is 0 Å². The fourth-order valence-electron chi connectivity index (χ4n) is 0.528. The third kappa shape index (κ3) is 12.1. The summed E-state index contributed by atoms with van der Waals surface area (Å²) in [5.41, 5.74) is 0. The Kier molecular flexibility index (Phi) is 12.0. The molecule has 2 nitrogen and oxygen atoms in total.